The second-order valence-corrected chi connectivity index (χ2v) is 12.8. The molecule has 0 saturated carbocycles. The molecule has 0 amide bonds. The molecule has 1 aliphatic heterocycles. The minimum Gasteiger partial charge on any atom is -0.317 e. The van der Waals surface area contributed by atoms with Crippen LogP contribution in [0.2, 0.25) is 0 Å². The summed E-state index contributed by atoms with van der Waals surface area (Å²) in [5.41, 5.74) is 14.9. The number of rotatable bonds is 7. The summed E-state index contributed by atoms with van der Waals surface area (Å²) in [6, 6.07) is 35.1. The molecule has 0 N–H and O–H groups in total. The van der Waals surface area contributed by atoms with E-state index in [-0.39, 0.29) is 0 Å². The van der Waals surface area contributed by atoms with Crippen molar-refractivity contribution in [2.45, 2.75) is 26.2 Å². The lowest BCUT2D eigenvalue weighted by Gasteiger charge is -2.28. The van der Waals surface area contributed by atoms with Crippen LogP contribution in [0.5, 0.6) is 0 Å². The van der Waals surface area contributed by atoms with Crippen molar-refractivity contribution in [2.75, 3.05) is 9.80 Å². The van der Waals surface area contributed by atoms with Crippen LogP contribution in [-0.4, -0.2) is 0 Å². The van der Waals surface area contributed by atoms with Crippen LogP contribution < -0.4 is 9.80 Å². The Morgan fingerprint density at radius 1 is 0.735 bits per heavy atom. The van der Waals surface area contributed by atoms with E-state index in [0.29, 0.717) is 5.92 Å². The van der Waals surface area contributed by atoms with Gasteiger partial charge in [-0.15, -0.1) is 0 Å². The SMILES string of the molecule is C=CC1=CC(c2ccc(N(C3=CCCC=C3)c3ccc(-c4ccc(N5/C=C\C=C/C(=C)c6ccccc65)cc4)cc3)cc2)=CCC(C)C1=C. The highest BCUT2D eigenvalue weighted by molar-refractivity contribution is 5.86. The van der Waals surface area contributed by atoms with Crippen molar-refractivity contribution in [3.8, 4) is 11.1 Å². The smallest absolute Gasteiger partial charge is 0.0533 e. The lowest BCUT2D eigenvalue weighted by atomic mass is 9.94. The van der Waals surface area contributed by atoms with Gasteiger partial charge in [0.2, 0.25) is 0 Å². The van der Waals surface area contributed by atoms with Crippen LogP contribution in [0.25, 0.3) is 22.3 Å². The summed E-state index contributed by atoms with van der Waals surface area (Å²) in [7, 11) is 0. The molecule has 240 valence electrons. The Bertz CT molecular complexity index is 2080. The minimum absolute atomic E-state index is 0.402. The van der Waals surface area contributed by atoms with Gasteiger partial charge in [0.25, 0.3) is 0 Å². The molecule has 7 rings (SSSR count). The van der Waals surface area contributed by atoms with Gasteiger partial charge in [-0.3, -0.25) is 0 Å². The number of anilines is 4. The molecule has 4 aromatic carbocycles. The molecule has 0 radical (unpaired) electrons. The standard InChI is InChI=1S/C47H42N2/c1-5-37-33-41(19-18-34(2)36(37)4)40-24-30-45(31-25-40)49(43-14-7-6-8-15-43)44-28-22-39(23-29-44)38-20-26-42(27-21-38)48-32-12-11-13-35(3)46-16-9-10-17-47(46)48/h5,7,9-17,19-34H,1,3-4,6,8,18H2,2H3/b13-11-,32-12-. The number of allylic oxidation sites excluding steroid dienone is 13. The van der Waals surface area contributed by atoms with Crippen LogP contribution >= 0.6 is 0 Å². The molecule has 0 aromatic heterocycles. The zero-order valence-electron chi connectivity index (χ0n) is 28.2. The van der Waals surface area contributed by atoms with Crippen molar-refractivity contribution in [3.63, 3.8) is 0 Å². The van der Waals surface area contributed by atoms with Crippen LogP contribution in [0.15, 0.2) is 195 Å². The Balaban J connectivity index is 1.16. The molecule has 2 nitrogen and oxygen atoms in total. The summed E-state index contributed by atoms with van der Waals surface area (Å²) < 4.78 is 0. The third-order valence-corrected chi connectivity index (χ3v) is 9.64. The van der Waals surface area contributed by atoms with Crippen molar-refractivity contribution in [1.29, 1.82) is 0 Å². The third kappa shape index (κ3) is 6.64. The molecule has 0 fully saturated rings. The Morgan fingerprint density at radius 3 is 2.08 bits per heavy atom. The Kier molecular flexibility index (Phi) is 9.12. The average Bonchev–Trinajstić information content (AvgIpc) is 3.29. The minimum atomic E-state index is 0.402. The highest BCUT2D eigenvalue weighted by Gasteiger charge is 2.18. The summed E-state index contributed by atoms with van der Waals surface area (Å²) in [6.07, 6.45) is 24.7. The largest absolute Gasteiger partial charge is 0.317 e. The van der Waals surface area contributed by atoms with Crippen molar-refractivity contribution in [2.24, 2.45) is 5.92 Å². The van der Waals surface area contributed by atoms with Crippen LogP contribution in [0.4, 0.5) is 22.7 Å². The normalized spacial score (nSPS) is 18.6. The fourth-order valence-electron chi connectivity index (χ4n) is 6.73. The molecule has 0 spiro atoms. The van der Waals surface area contributed by atoms with Crippen molar-refractivity contribution >= 4 is 33.9 Å². The predicted molar refractivity (Wildman–Crippen MR) is 212 cm³/mol. The summed E-state index contributed by atoms with van der Waals surface area (Å²) in [6.45, 7) is 14.9. The summed E-state index contributed by atoms with van der Waals surface area (Å²) in [5.74, 6) is 0.402. The fourth-order valence-corrected chi connectivity index (χ4v) is 6.73. The van der Waals surface area contributed by atoms with Crippen LogP contribution in [0.3, 0.4) is 0 Å². The van der Waals surface area contributed by atoms with Crippen molar-refractivity contribution in [1.82, 2.24) is 0 Å². The van der Waals surface area contributed by atoms with Gasteiger partial charge in [0, 0.05) is 34.5 Å². The van der Waals surface area contributed by atoms with E-state index in [1.807, 2.05) is 12.2 Å². The van der Waals surface area contributed by atoms with E-state index in [4.69, 9.17) is 0 Å². The van der Waals surface area contributed by atoms with E-state index in [1.54, 1.807) is 0 Å². The molecule has 4 aromatic rings. The van der Waals surface area contributed by atoms with Gasteiger partial charge in [-0.2, -0.15) is 0 Å². The van der Waals surface area contributed by atoms with Gasteiger partial charge in [0.1, 0.15) is 0 Å². The topological polar surface area (TPSA) is 6.48 Å². The monoisotopic (exact) mass is 634 g/mol. The molecule has 0 bridgehead atoms. The van der Waals surface area contributed by atoms with E-state index in [0.717, 1.165) is 64.3 Å². The molecule has 2 aliphatic carbocycles. The quantitative estimate of drug-likeness (QED) is 0.200. The number of para-hydroxylation sites is 1. The molecule has 1 unspecified atom stereocenters. The molecular formula is C47H42N2. The maximum atomic E-state index is 4.32. The highest BCUT2D eigenvalue weighted by Crippen LogP contribution is 2.38. The molecule has 3 aliphatic rings. The van der Waals surface area contributed by atoms with Crippen LogP contribution in [0, 0.1) is 5.92 Å². The van der Waals surface area contributed by atoms with Crippen LogP contribution in [-0.2, 0) is 0 Å². The molecule has 2 heteroatoms. The van der Waals surface area contributed by atoms with Crippen molar-refractivity contribution in [3.05, 3.63) is 206 Å². The first-order chi connectivity index (χ1) is 24.0. The Labute approximate surface area is 291 Å². The first-order valence-corrected chi connectivity index (χ1v) is 17.1. The van der Waals surface area contributed by atoms with Gasteiger partial charge in [0.15, 0.2) is 0 Å². The lowest BCUT2D eigenvalue weighted by molar-refractivity contribution is 0.713. The second kappa shape index (κ2) is 14.1. The van der Waals surface area contributed by atoms with Gasteiger partial charge < -0.3 is 9.80 Å². The number of nitrogens with zero attached hydrogens (tertiary/aromatic N) is 2. The molecular weight excluding hydrogens is 593 g/mol. The second-order valence-electron chi connectivity index (χ2n) is 12.8. The van der Waals surface area contributed by atoms with Gasteiger partial charge >= 0.3 is 0 Å². The number of fused-ring (bicyclic) bond motifs is 1. The predicted octanol–water partition coefficient (Wildman–Crippen LogP) is 13.1. The molecule has 1 atom stereocenters. The maximum absolute atomic E-state index is 4.32. The van der Waals surface area contributed by atoms with Gasteiger partial charge in [0.05, 0.1) is 5.69 Å². The number of hydrogen-bond acceptors (Lipinski definition) is 2. The van der Waals surface area contributed by atoms with Gasteiger partial charge in [-0.05, 0) is 125 Å². The van der Waals surface area contributed by atoms with E-state index in [2.05, 4.69) is 182 Å². The maximum Gasteiger partial charge on any atom is 0.0533 e. The molecule has 1 heterocycles. The zero-order valence-corrected chi connectivity index (χ0v) is 28.2. The average molecular weight is 635 g/mol. The lowest BCUT2D eigenvalue weighted by Crippen LogP contribution is -2.16. The molecule has 49 heavy (non-hydrogen) atoms. The zero-order chi connectivity index (χ0) is 33.7. The number of hydrogen-bond donors (Lipinski definition) is 0. The highest BCUT2D eigenvalue weighted by atomic mass is 15.1. The summed E-state index contributed by atoms with van der Waals surface area (Å²) >= 11 is 0. The van der Waals surface area contributed by atoms with Gasteiger partial charge in [-0.25, -0.2) is 0 Å². The third-order valence-electron chi connectivity index (χ3n) is 9.64. The molecule has 0 saturated heterocycles. The van der Waals surface area contributed by atoms with E-state index in [1.165, 1.54) is 28.0 Å². The summed E-state index contributed by atoms with van der Waals surface area (Å²) in [4.78, 5) is 4.58. The first kappa shape index (κ1) is 31.7. The van der Waals surface area contributed by atoms with Crippen LogP contribution in [0.1, 0.15) is 37.3 Å². The van der Waals surface area contributed by atoms with Crippen molar-refractivity contribution < 1.29 is 0 Å². The Hall–Kier alpha value is -5.86. The fraction of sp³-hybridized carbons (Fsp3) is 0.106. The summed E-state index contributed by atoms with van der Waals surface area (Å²) in [5, 5.41) is 0. The van der Waals surface area contributed by atoms with E-state index < -0.39 is 0 Å². The van der Waals surface area contributed by atoms with E-state index >= 15 is 0 Å². The first-order valence-electron chi connectivity index (χ1n) is 17.1. The Morgan fingerprint density at radius 2 is 1.41 bits per heavy atom. The number of benzene rings is 4. The van der Waals surface area contributed by atoms with Gasteiger partial charge in [-0.1, -0.05) is 118 Å². The van der Waals surface area contributed by atoms with E-state index in [9.17, 15) is 0 Å².